The molecule has 0 unspecified atom stereocenters. The first-order valence-electron chi connectivity index (χ1n) is 5.16. The van der Waals surface area contributed by atoms with E-state index in [4.69, 9.17) is 5.73 Å². The molecule has 14 heavy (non-hydrogen) atoms. The van der Waals surface area contributed by atoms with Gasteiger partial charge in [-0.2, -0.15) is 0 Å². The largest absolute Gasteiger partial charge is 0.333 e. The Labute approximate surface area is 85.6 Å². The molecule has 1 rings (SSSR count). The third-order valence-corrected chi connectivity index (χ3v) is 2.34. The maximum atomic E-state index is 5.96. The van der Waals surface area contributed by atoms with Crippen molar-refractivity contribution in [3.63, 3.8) is 0 Å². The molecule has 0 aromatic carbocycles. The quantitative estimate of drug-likeness (QED) is 0.729. The molecule has 0 spiro atoms. The average molecular weight is 193 g/mol. The molecule has 0 amide bonds. The first-order valence-corrected chi connectivity index (χ1v) is 5.16. The van der Waals surface area contributed by atoms with Crippen LogP contribution in [-0.4, -0.2) is 9.55 Å². The number of aromatic nitrogens is 2. The molecule has 0 aliphatic heterocycles. The van der Waals surface area contributed by atoms with E-state index in [1.807, 2.05) is 19.4 Å². The zero-order chi connectivity index (χ0) is 10.4. The zero-order valence-electron chi connectivity index (χ0n) is 8.98. The van der Waals surface area contributed by atoms with E-state index in [1.165, 1.54) is 0 Å². The highest BCUT2D eigenvalue weighted by Gasteiger charge is 2.08. The van der Waals surface area contributed by atoms with Crippen molar-refractivity contribution in [2.45, 2.75) is 39.3 Å². The van der Waals surface area contributed by atoms with Crippen LogP contribution >= 0.6 is 0 Å². The number of hydrogen-bond donors (Lipinski definition) is 1. The van der Waals surface area contributed by atoms with Crippen molar-refractivity contribution in [3.8, 4) is 0 Å². The molecule has 0 aliphatic carbocycles. The van der Waals surface area contributed by atoms with Crippen LogP contribution in [0.5, 0.6) is 0 Å². The normalized spacial score (nSPS) is 13.6. The first-order chi connectivity index (χ1) is 6.79. The Morgan fingerprint density at radius 1 is 1.64 bits per heavy atom. The summed E-state index contributed by atoms with van der Waals surface area (Å²) in [7, 11) is 0. The number of aryl methyl sites for hydroxylation is 1. The van der Waals surface area contributed by atoms with Gasteiger partial charge in [-0.1, -0.05) is 19.1 Å². The molecule has 78 valence electrons. The van der Waals surface area contributed by atoms with Crippen molar-refractivity contribution in [1.82, 2.24) is 9.55 Å². The number of imidazole rings is 1. The van der Waals surface area contributed by atoms with Crippen molar-refractivity contribution in [1.29, 1.82) is 0 Å². The lowest BCUT2D eigenvalue weighted by molar-refractivity contribution is 0.593. The number of allylic oxidation sites excluding steroid dienone is 2. The van der Waals surface area contributed by atoms with Gasteiger partial charge in [0.05, 0.1) is 12.0 Å². The summed E-state index contributed by atoms with van der Waals surface area (Å²) in [5.41, 5.74) is 7.10. The molecule has 3 heteroatoms. The fraction of sp³-hybridized carbons (Fsp3) is 0.545. The van der Waals surface area contributed by atoms with E-state index in [-0.39, 0.29) is 6.04 Å². The van der Waals surface area contributed by atoms with E-state index in [2.05, 4.69) is 28.6 Å². The highest BCUT2D eigenvalue weighted by molar-refractivity contribution is 5.04. The standard InChI is InChI=1S/C11H19N3/c1-3-5-6-7-14-9-13-8-11(14)10(12)4-2/h3,5,8-10H,4,6-7,12H2,1-2H3/b5-3+/t10-/m1/s1. The van der Waals surface area contributed by atoms with Gasteiger partial charge in [-0.15, -0.1) is 0 Å². The molecule has 3 nitrogen and oxygen atoms in total. The number of nitrogens with zero attached hydrogens (tertiary/aromatic N) is 2. The lowest BCUT2D eigenvalue weighted by Crippen LogP contribution is -2.14. The lowest BCUT2D eigenvalue weighted by atomic mass is 10.2. The van der Waals surface area contributed by atoms with Crippen molar-refractivity contribution in [2.75, 3.05) is 0 Å². The van der Waals surface area contributed by atoms with E-state index < -0.39 is 0 Å². The highest BCUT2D eigenvalue weighted by atomic mass is 15.1. The Hall–Kier alpha value is -1.09. The Bertz CT molecular complexity index is 288. The van der Waals surface area contributed by atoms with Crippen LogP contribution in [0.4, 0.5) is 0 Å². The molecule has 0 aliphatic rings. The second-order valence-corrected chi connectivity index (χ2v) is 3.38. The monoisotopic (exact) mass is 193 g/mol. The third-order valence-electron chi connectivity index (χ3n) is 2.34. The second kappa shape index (κ2) is 5.60. The SMILES string of the molecule is C/C=C/CCn1cncc1[C@H](N)CC. The van der Waals surface area contributed by atoms with E-state index in [0.29, 0.717) is 0 Å². The molecular formula is C11H19N3. The molecule has 0 fully saturated rings. The Morgan fingerprint density at radius 2 is 2.43 bits per heavy atom. The maximum Gasteiger partial charge on any atom is 0.0948 e. The number of hydrogen-bond acceptors (Lipinski definition) is 2. The molecule has 0 radical (unpaired) electrons. The Kier molecular flexibility index (Phi) is 4.40. The minimum atomic E-state index is 0.114. The molecule has 1 aromatic heterocycles. The van der Waals surface area contributed by atoms with Crippen molar-refractivity contribution >= 4 is 0 Å². The predicted molar refractivity (Wildman–Crippen MR) is 58.9 cm³/mol. The van der Waals surface area contributed by atoms with Crippen LogP contribution in [-0.2, 0) is 6.54 Å². The van der Waals surface area contributed by atoms with Gasteiger partial charge in [0, 0.05) is 18.8 Å². The molecule has 0 bridgehead atoms. The molecule has 0 saturated carbocycles. The van der Waals surface area contributed by atoms with Crippen LogP contribution < -0.4 is 5.73 Å². The lowest BCUT2D eigenvalue weighted by Gasteiger charge is -2.11. The minimum absolute atomic E-state index is 0.114. The molecule has 1 heterocycles. The Morgan fingerprint density at radius 3 is 3.07 bits per heavy atom. The average Bonchev–Trinajstić information content (AvgIpc) is 2.65. The summed E-state index contributed by atoms with van der Waals surface area (Å²) in [6.45, 7) is 5.09. The van der Waals surface area contributed by atoms with Crippen molar-refractivity contribution in [3.05, 3.63) is 30.4 Å². The van der Waals surface area contributed by atoms with Crippen LogP contribution in [0.15, 0.2) is 24.7 Å². The second-order valence-electron chi connectivity index (χ2n) is 3.38. The topological polar surface area (TPSA) is 43.8 Å². The van der Waals surface area contributed by atoms with Crippen LogP contribution in [0.3, 0.4) is 0 Å². The van der Waals surface area contributed by atoms with Crippen LogP contribution in [0, 0.1) is 0 Å². The summed E-state index contributed by atoms with van der Waals surface area (Å²) in [6, 6.07) is 0.114. The van der Waals surface area contributed by atoms with Crippen LogP contribution in [0.2, 0.25) is 0 Å². The predicted octanol–water partition coefficient (Wildman–Crippen LogP) is 2.26. The minimum Gasteiger partial charge on any atom is -0.333 e. The summed E-state index contributed by atoms with van der Waals surface area (Å²) >= 11 is 0. The van der Waals surface area contributed by atoms with Crippen LogP contribution in [0.25, 0.3) is 0 Å². The van der Waals surface area contributed by atoms with E-state index in [1.54, 1.807) is 0 Å². The number of rotatable bonds is 5. The number of nitrogens with two attached hydrogens (primary N) is 1. The fourth-order valence-electron chi connectivity index (χ4n) is 1.42. The molecule has 1 atom stereocenters. The van der Waals surface area contributed by atoms with Gasteiger partial charge in [-0.3, -0.25) is 0 Å². The van der Waals surface area contributed by atoms with Gasteiger partial charge in [-0.25, -0.2) is 4.98 Å². The fourth-order valence-corrected chi connectivity index (χ4v) is 1.42. The molecule has 2 N–H and O–H groups in total. The van der Waals surface area contributed by atoms with Crippen LogP contribution in [0.1, 0.15) is 38.4 Å². The third kappa shape index (κ3) is 2.70. The highest BCUT2D eigenvalue weighted by Crippen LogP contribution is 2.13. The summed E-state index contributed by atoms with van der Waals surface area (Å²) < 4.78 is 2.13. The van der Waals surface area contributed by atoms with Crippen molar-refractivity contribution < 1.29 is 0 Å². The summed E-state index contributed by atoms with van der Waals surface area (Å²) in [5, 5.41) is 0. The summed E-state index contributed by atoms with van der Waals surface area (Å²) in [6.07, 6.45) is 9.93. The Balaban J connectivity index is 2.62. The van der Waals surface area contributed by atoms with E-state index in [0.717, 1.165) is 25.1 Å². The van der Waals surface area contributed by atoms with Gasteiger partial charge in [0.15, 0.2) is 0 Å². The summed E-state index contributed by atoms with van der Waals surface area (Å²) in [5.74, 6) is 0. The molecular weight excluding hydrogens is 174 g/mol. The van der Waals surface area contributed by atoms with Gasteiger partial charge >= 0.3 is 0 Å². The first kappa shape index (κ1) is 11.0. The summed E-state index contributed by atoms with van der Waals surface area (Å²) in [4.78, 5) is 4.13. The van der Waals surface area contributed by atoms with E-state index >= 15 is 0 Å². The van der Waals surface area contributed by atoms with Gasteiger partial charge in [0.1, 0.15) is 0 Å². The van der Waals surface area contributed by atoms with Gasteiger partial charge in [0.2, 0.25) is 0 Å². The van der Waals surface area contributed by atoms with Gasteiger partial charge in [-0.05, 0) is 19.8 Å². The van der Waals surface area contributed by atoms with E-state index in [9.17, 15) is 0 Å². The van der Waals surface area contributed by atoms with Gasteiger partial charge in [0.25, 0.3) is 0 Å². The molecule has 0 saturated heterocycles. The smallest absolute Gasteiger partial charge is 0.0948 e. The molecule has 1 aromatic rings. The zero-order valence-corrected chi connectivity index (χ0v) is 8.98. The van der Waals surface area contributed by atoms with Gasteiger partial charge < -0.3 is 10.3 Å². The maximum absolute atomic E-state index is 5.96. The van der Waals surface area contributed by atoms with Crippen molar-refractivity contribution in [2.24, 2.45) is 5.73 Å².